The summed E-state index contributed by atoms with van der Waals surface area (Å²) in [4.78, 5) is 31.6. The first kappa shape index (κ1) is 22.3. The number of carbonyl (C=O) groups is 2. The van der Waals surface area contributed by atoms with Gasteiger partial charge >= 0.3 is 0 Å². The lowest BCUT2D eigenvalue weighted by Gasteiger charge is -2.25. The van der Waals surface area contributed by atoms with Crippen molar-refractivity contribution in [3.63, 3.8) is 0 Å². The van der Waals surface area contributed by atoms with E-state index in [0.717, 1.165) is 5.56 Å². The summed E-state index contributed by atoms with van der Waals surface area (Å²) in [5.74, 6) is -0.793. The Labute approximate surface area is 192 Å². The van der Waals surface area contributed by atoms with E-state index in [2.05, 4.69) is 4.98 Å². The predicted octanol–water partition coefficient (Wildman–Crippen LogP) is 4.18. The number of amides is 1. The number of aromatic nitrogens is 2. The zero-order valence-electron chi connectivity index (χ0n) is 18.7. The molecule has 1 atom stereocenters. The summed E-state index contributed by atoms with van der Waals surface area (Å²) in [5, 5.41) is 11.1. The SMILES string of the molecule is CC(C)Oc1ccc(/C(O)=C2\C(=O)C(=O)N(CCCn3ccnc3)C2c2ccccc2)cc1. The Morgan fingerprint density at radius 3 is 2.42 bits per heavy atom. The highest BCUT2D eigenvalue weighted by molar-refractivity contribution is 6.46. The first-order valence-electron chi connectivity index (χ1n) is 11.0. The number of carbonyl (C=O) groups excluding carboxylic acids is 2. The van der Waals surface area contributed by atoms with Crippen LogP contribution in [0.25, 0.3) is 5.76 Å². The van der Waals surface area contributed by atoms with Gasteiger partial charge in [-0.3, -0.25) is 9.59 Å². The van der Waals surface area contributed by atoms with Crippen molar-refractivity contribution in [1.29, 1.82) is 0 Å². The van der Waals surface area contributed by atoms with Crippen LogP contribution in [0.4, 0.5) is 0 Å². The molecule has 33 heavy (non-hydrogen) atoms. The molecule has 0 bridgehead atoms. The third kappa shape index (κ3) is 4.82. The van der Waals surface area contributed by atoms with E-state index in [4.69, 9.17) is 4.74 Å². The molecule has 1 saturated heterocycles. The predicted molar refractivity (Wildman–Crippen MR) is 125 cm³/mol. The monoisotopic (exact) mass is 445 g/mol. The van der Waals surface area contributed by atoms with Gasteiger partial charge in [0.25, 0.3) is 11.7 Å². The molecule has 3 aromatic rings. The van der Waals surface area contributed by atoms with Crippen LogP contribution < -0.4 is 4.74 Å². The largest absolute Gasteiger partial charge is 0.507 e. The zero-order chi connectivity index (χ0) is 23.4. The van der Waals surface area contributed by atoms with Gasteiger partial charge in [-0.1, -0.05) is 30.3 Å². The summed E-state index contributed by atoms with van der Waals surface area (Å²) in [7, 11) is 0. The molecule has 7 heteroatoms. The fraction of sp³-hybridized carbons (Fsp3) is 0.269. The van der Waals surface area contributed by atoms with E-state index in [0.29, 0.717) is 30.8 Å². The van der Waals surface area contributed by atoms with E-state index in [1.54, 1.807) is 41.7 Å². The second-order valence-electron chi connectivity index (χ2n) is 8.25. The number of aliphatic hydroxyl groups is 1. The van der Waals surface area contributed by atoms with Gasteiger partial charge in [-0.2, -0.15) is 0 Å². The molecule has 0 aliphatic carbocycles. The Bertz CT molecular complexity index is 1140. The number of hydrogen-bond donors (Lipinski definition) is 1. The molecule has 1 fully saturated rings. The fourth-order valence-corrected chi connectivity index (χ4v) is 4.05. The molecule has 1 aliphatic heterocycles. The van der Waals surface area contributed by atoms with E-state index in [1.165, 1.54) is 0 Å². The van der Waals surface area contributed by atoms with Crippen LogP contribution in [0.5, 0.6) is 5.75 Å². The van der Waals surface area contributed by atoms with Crippen molar-refractivity contribution in [3.8, 4) is 5.75 Å². The number of rotatable bonds is 8. The number of ether oxygens (including phenoxy) is 1. The molecular formula is C26H27N3O4. The highest BCUT2D eigenvalue weighted by Gasteiger charge is 2.45. The standard InChI is InChI=1S/C26H27N3O4/c1-18(2)33-21-11-9-20(10-12-21)24(30)22-23(19-7-4-3-5-8-19)29(26(32)25(22)31)15-6-14-28-16-13-27-17-28/h3-5,7-13,16-18,23,30H,6,14-15H2,1-2H3/b24-22+. The van der Waals surface area contributed by atoms with E-state index < -0.39 is 17.7 Å². The van der Waals surface area contributed by atoms with Crippen molar-refractivity contribution in [2.45, 2.75) is 39.0 Å². The number of Topliss-reactive ketones (excluding diaryl/α,β-unsaturated/α-hetero) is 1. The van der Waals surface area contributed by atoms with Crippen molar-refractivity contribution >= 4 is 17.4 Å². The third-order valence-electron chi connectivity index (χ3n) is 5.53. The van der Waals surface area contributed by atoms with E-state index in [-0.39, 0.29) is 17.4 Å². The topological polar surface area (TPSA) is 84.7 Å². The van der Waals surface area contributed by atoms with Gasteiger partial charge in [0.15, 0.2) is 0 Å². The summed E-state index contributed by atoms with van der Waals surface area (Å²) < 4.78 is 7.59. The maximum absolute atomic E-state index is 13.1. The Morgan fingerprint density at radius 1 is 1.06 bits per heavy atom. The van der Waals surface area contributed by atoms with Crippen LogP contribution in [-0.2, 0) is 16.1 Å². The molecule has 1 N–H and O–H groups in total. The molecule has 4 rings (SSSR count). The zero-order valence-corrected chi connectivity index (χ0v) is 18.7. The number of likely N-dealkylation sites (tertiary alicyclic amines) is 1. The van der Waals surface area contributed by atoms with Gasteiger partial charge in [-0.05, 0) is 50.1 Å². The molecule has 1 aromatic heterocycles. The maximum Gasteiger partial charge on any atom is 0.295 e. The molecule has 1 unspecified atom stereocenters. The van der Waals surface area contributed by atoms with Crippen LogP contribution in [0.3, 0.4) is 0 Å². The van der Waals surface area contributed by atoms with Gasteiger partial charge in [0.1, 0.15) is 11.5 Å². The number of aliphatic hydroxyl groups excluding tert-OH is 1. The van der Waals surface area contributed by atoms with Crippen LogP contribution in [0.2, 0.25) is 0 Å². The Kier molecular flexibility index (Phi) is 6.58. The minimum atomic E-state index is -0.675. The Hall–Kier alpha value is -3.87. The number of aryl methyl sites for hydroxylation is 1. The van der Waals surface area contributed by atoms with E-state index in [9.17, 15) is 14.7 Å². The molecule has 2 heterocycles. The summed E-state index contributed by atoms with van der Waals surface area (Å²) in [6.07, 6.45) is 5.95. The van der Waals surface area contributed by atoms with Crippen LogP contribution >= 0.6 is 0 Å². The number of imidazole rings is 1. The smallest absolute Gasteiger partial charge is 0.295 e. The lowest BCUT2D eigenvalue weighted by molar-refractivity contribution is -0.139. The minimum absolute atomic E-state index is 0.0233. The van der Waals surface area contributed by atoms with Crippen molar-refractivity contribution < 1.29 is 19.4 Å². The number of nitrogens with zero attached hydrogens (tertiary/aromatic N) is 3. The van der Waals surface area contributed by atoms with E-state index >= 15 is 0 Å². The molecule has 7 nitrogen and oxygen atoms in total. The van der Waals surface area contributed by atoms with Crippen molar-refractivity contribution in [2.75, 3.05) is 6.54 Å². The first-order valence-corrected chi connectivity index (χ1v) is 11.0. The lowest BCUT2D eigenvalue weighted by Crippen LogP contribution is -2.31. The molecule has 0 radical (unpaired) electrons. The second kappa shape index (κ2) is 9.73. The van der Waals surface area contributed by atoms with Gasteiger partial charge in [0.05, 0.1) is 24.0 Å². The molecule has 0 spiro atoms. The summed E-state index contributed by atoms with van der Waals surface area (Å²) >= 11 is 0. The van der Waals surface area contributed by atoms with Crippen molar-refractivity contribution in [3.05, 3.63) is 90.0 Å². The van der Waals surface area contributed by atoms with E-state index in [1.807, 2.05) is 54.9 Å². The second-order valence-corrected chi connectivity index (χ2v) is 8.25. The highest BCUT2D eigenvalue weighted by Crippen LogP contribution is 2.39. The number of benzene rings is 2. The van der Waals surface area contributed by atoms with Crippen LogP contribution in [0.1, 0.15) is 37.4 Å². The fourth-order valence-electron chi connectivity index (χ4n) is 4.05. The molecule has 1 amide bonds. The Morgan fingerprint density at radius 2 is 1.79 bits per heavy atom. The summed E-state index contributed by atoms with van der Waals surface area (Å²) in [6, 6.07) is 15.6. The first-order chi connectivity index (χ1) is 16.0. The molecule has 2 aromatic carbocycles. The lowest BCUT2D eigenvalue weighted by atomic mass is 9.95. The average molecular weight is 446 g/mol. The number of hydrogen-bond acceptors (Lipinski definition) is 5. The Balaban J connectivity index is 1.67. The van der Waals surface area contributed by atoms with Gasteiger partial charge in [-0.15, -0.1) is 0 Å². The van der Waals surface area contributed by atoms with Crippen LogP contribution in [0, 0.1) is 0 Å². The molecule has 1 aliphatic rings. The molecular weight excluding hydrogens is 418 g/mol. The quantitative estimate of drug-likeness (QED) is 0.319. The van der Waals surface area contributed by atoms with Gasteiger partial charge < -0.3 is 19.3 Å². The van der Waals surface area contributed by atoms with Gasteiger partial charge in [-0.25, -0.2) is 4.98 Å². The van der Waals surface area contributed by atoms with Gasteiger partial charge in [0, 0.05) is 31.0 Å². The summed E-state index contributed by atoms with van der Waals surface area (Å²) in [6.45, 7) is 4.91. The van der Waals surface area contributed by atoms with Crippen molar-refractivity contribution in [1.82, 2.24) is 14.5 Å². The number of ketones is 1. The maximum atomic E-state index is 13.1. The summed E-state index contributed by atoms with van der Waals surface area (Å²) in [5.41, 5.74) is 1.34. The normalized spacial score (nSPS) is 17.7. The third-order valence-corrected chi connectivity index (χ3v) is 5.53. The van der Waals surface area contributed by atoms with Gasteiger partial charge in [0.2, 0.25) is 0 Å². The van der Waals surface area contributed by atoms with Crippen LogP contribution in [-0.4, -0.2) is 43.9 Å². The highest BCUT2D eigenvalue weighted by atomic mass is 16.5. The average Bonchev–Trinajstić information content (AvgIpc) is 3.41. The minimum Gasteiger partial charge on any atom is -0.507 e. The van der Waals surface area contributed by atoms with Crippen molar-refractivity contribution in [2.24, 2.45) is 0 Å². The van der Waals surface area contributed by atoms with Crippen LogP contribution in [0.15, 0.2) is 78.9 Å². The molecule has 170 valence electrons. The molecule has 0 saturated carbocycles.